The van der Waals surface area contributed by atoms with Crippen LogP contribution in [0.2, 0.25) is 0 Å². The van der Waals surface area contributed by atoms with Crippen LogP contribution in [0.25, 0.3) is 0 Å². The maximum Gasteiger partial charge on any atom is 0.123 e. The summed E-state index contributed by atoms with van der Waals surface area (Å²) in [5.41, 5.74) is 10.2. The summed E-state index contributed by atoms with van der Waals surface area (Å²) in [5.74, 6) is -0.230. The van der Waals surface area contributed by atoms with E-state index >= 15 is 0 Å². The lowest BCUT2D eigenvalue weighted by Crippen LogP contribution is -2.12. The topological polar surface area (TPSA) is 26.0 Å². The van der Waals surface area contributed by atoms with Crippen molar-refractivity contribution in [1.82, 2.24) is 0 Å². The van der Waals surface area contributed by atoms with E-state index in [4.69, 9.17) is 5.73 Å². The van der Waals surface area contributed by atoms with Gasteiger partial charge in [-0.1, -0.05) is 37.3 Å². The fourth-order valence-corrected chi connectivity index (χ4v) is 2.14. The highest BCUT2D eigenvalue weighted by Gasteiger charge is 2.10. The molecule has 1 nitrogen and oxygen atoms in total. The van der Waals surface area contributed by atoms with Crippen LogP contribution in [0.4, 0.5) is 4.39 Å². The van der Waals surface area contributed by atoms with Gasteiger partial charge in [-0.25, -0.2) is 4.39 Å². The molecule has 1 unspecified atom stereocenters. The molecule has 2 aromatic rings. The van der Waals surface area contributed by atoms with Crippen molar-refractivity contribution in [2.75, 3.05) is 0 Å². The van der Waals surface area contributed by atoms with E-state index < -0.39 is 0 Å². The Morgan fingerprint density at radius 3 is 2.56 bits per heavy atom. The van der Waals surface area contributed by atoms with Crippen molar-refractivity contribution in [3.05, 3.63) is 70.5 Å². The number of nitrogens with two attached hydrogens (primary N) is 1. The molecule has 0 aromatic heterocycles. The molecule has 0 spiro atoms. The highest BCUT2D eigenvalue weighted by Crippen LogP contribution is 2.22. The molecular formula is C16H18FN. The first-order chi connectivity index (χ1) is 8.60. The second-order valence-corrected chi connectivity index (χ2v) is 4.64. The first kappa shape index (κ1) is 12.8. The summed E-state index contributed by atoms with van der Waals surface area (Å²) in [6.45, 7) is 3.98. The van der Waals surface area contributed by atoms with Crippen molar-refractivity contribution in [2.45, 2.75) is 26.3 Å². The Kier molecular flexibility index (Phi) is 3.78. The van der Waals surface area contributed by atoms with Crippen molar-refractivity contribution in [3.63, 3.8) is 0 Å². The van der Waals surface area contributed by atoms with Crippen molar-refractivity contribution in [3.8, 4) is 0 Å². The lowest BCUT2D eigenvalue weighted by Gasteiger charge is -2.14. The molecule has 0 saturated carbocycles. The molecule has 0 heterocycles. The highest BCUT2D eigenvalue weighted by atomic mass is 19.1. The molecule has 0 saturated heterocycles. The van der Waals surface area contributed by atoms with Gasteiger partial charge in [-0.15, -0.1) is 0 Å². The van der Waals surface area contributed by atoms with Crippen molar-refractivity contribution in [1.29, 1.82) is 0 Å². The normalized spacial score (nSPS) is 12.4. The maximum atomic E-state index is 13.4. The number of halogens is 1. The Bertz CT molecular complexity index is 528. The zero-order chi connectivity index (χ0) is 13.1. The van der Waals surface area contributed by atoms with Gasteiger partial charge in [-0.2, -0.15) is 0 Å². The summed E-state index contributed by atoms with van der Waals surface area (Å²) in [5, 5.41) is 0. The summed E-state index contributed by atoms with van der Waals surface area (Å²) in [7, 11) is 0. The van der Waals surface area contributed by atoms with Crippen LogP contribution in [0.15, 0.2) is 42.5 Å². The molecule has 1 atom stereocenters. The first-order valence-corrected chi connectivity index (χ1v) is 6.21. The molecule has 18 heavy (non-hydrogen) atoms. The quantitative estimate of drug-likeness (QED) is 0.873. The Hall–Kier alpha value is -1.67. The van der Waals surface area contributed by atoms with Crippen LogP contribution < -0.4 is 5.73 Å². The standard InChI is InChI=1S/C16H18FN/c1-3-12-5-4-6-13(9-12)16(18)14-7-11(2)8-15(17)10-14/h4-10,16H,3,18H2,1-2H3. The van der Waals surface area contributed by atoms with Gasteiger partial charge in [0.25, 0.3) is 0 Å². The van der Waals surface area contributed by atoms with Crippen molar-refractivity contribution < 1.29 is 4.39 Å². The molecule has 0 aliphatic rings. The number of benzene rings is 2. The summed E-state index contributed by atoms with van der Waals surface area (Å²) in [6, 6.07) is 12.8. The molecule has 2 N–H and O–H groups in total. The molecule has 94 valence electrons. The van der Waals surface area contributed by atoms with Gasteiger partial charge < -0.3 is 5.73 Å². The van der Waals surface area contributed by atoms with Crippen LogP contribution in [-0.4, -0.2) is 0 Å². The summed E-state index contributed by atoms with van der Waals surface area (Å²) in [6.07, 6.45) is 0.975. The molecule has 2 heteroatoms. The van der Waals surface area contributed by atoms with E-state index in [0.717, 1.165) is 23.1 Å². The minimum Gasteiger partial charge on any atom is -0.320 e. The van der Waals surface area contributed by atoms with Gasteiger partial charge in [0.15, 0.2) is 0 Å². The Balaban J connectivity index is 2.37. The molecule has 0 aliphatic heterocycles. The van der Waals surface area contributed by atoms with E-state index in [0.29, 0.717) is 0 Å². The van der Waals surface area contributed by atoms with Gasteiger partial charge in [-0.05, 0) is 47.7 Å². The molecule has 0 fully saturated rings. The predicted molar refractivity (Wildman–Crippen MR) is 73.0 cm³/mol. The highest BCUT2D eigenvalue weighted by molar-refractivity contribution is 5.35. The molecule has 0 amide bonds. The second kappa shape index (κ2) is 5.32. The molecule has 0 radical (unpaired) electrons. The maximum absolute atomic E-state index is 13.4. The lowest BCUT2D eigenvalue weighted by atomic mass is 9.96. The zero-order valence-corrected chi connectivity index (χ0v) is 10.8. The van der Waals surface area contributed by atoms with E-state index in [9.17, 15) is 4.39 Å². The lowest BCUT2D eigenvalue weighted by molar-refractivity contribution is 0.622. The third-order valence-electron chi connectivity index (χ3n) is 3.14. The number of hydrogen-bond donors (Lipinski definition) is 1. The average Bonchev–Trinajstić information content (AvgIpc) is 2.37. The monoisotopic (exact) mass is 243 g/mol. The van der Waals surface area contributed by atoms with Gasteiger partial charge in [0.1, 0.15) is 5.82 Å². The van der Waals surface area contributed by atoms with Crippen LogP contribution >= 0.6 is 0 Å². The van der Waals surface area contributed by atoms with Gasteiger partial charge in [-0.3, -0.25) is 0 Å². The van der Waals surface area contributed by atoms with E-state index in [1.807, 2.05) is 25.1 Å². The van der Waals surface area contributed by atoms with Gasteiger partial charge >= 0.3 is 0 Å². The fraction of sp³-hybridized carbons (Fsp3) is 0.250. The van der Waals surface area contributed by atoms with Crippen molar-refractivity contribution in [2.24, 2.45) is 5.73 Å². The minimum atomic E-state index is -0.272. The predicted octanol–water partition coefficient (Wildman–Crippen LogP) is 3.74. The summed E-state index contributed by atoms with van der Waals surface area (Å²) in [4.78, 5) is 0. The summed E-state index contributed by atoms with van der Waals surface area (Å²) < 4.78 is 13.4. The number of rotatable bonds is 3. The second-order valence-electron chi connectivity index (χ2n) is 4.64. The van der Waals surface area contributed by atoms with Crippen LogP contribution in [-0.2, 0) is 6.42 Å². The molecular weight excluding hydrogens is 225 g/mol. The van der Waals surface area contributed by atoms with E-state index in [1.54, 1.807) is 0 Å². The van der Waals surface area contributed by atoms with E-state index in [-0.39, 0.29) is 11.9 Å². The Morgan fingerprint density at radius 1 is 1.11 bits per heavy atom. The van der Waals surface area contributed by atoms with Crippen LogP contribution in [0, 0.1) is 12.7 Å². The minimum absolute atomic E-state index is 0.230. The number of hydrogen-bond acceptors (Lipinski definition) is 1. The fourth-order valence-electron chi connectivity index (χ4n) is 2.14. The summed E-state index contributed by atoms with van der Waals surface area (Å²) >= 11 is 0. The van der Waals surface area contributed by atoms with Crippen LogP contribution in [0.5, 0.6) is 0 Å². The average molecular weight is 243 g/mol. The van der Waals surface area contributed by atoms with E-state index in [2.05, 4.69) is 19.1 Å². The van der Waals surface area contributed by atoms with E-state index in [1.165, 1.54) is 17.7 Å². The zero-order valence-electron chi connectivity index (χ0n) is 10.8. The SMILES string of the molecule is CCc1cccc(C(N)c2cc(C)cc(F)c2)c1. The third kappa shape index (κ3) is 2.77. The van der Waals surface area contributed by atoms with Crippen LogP contribution in [0.1, 0.15) is 35.2 Å². The van der Waals surface area contributed by atoms with Gasteiger partial charge in [0, 0.05) is 0 Å². The molecule has 0 bridgehead atoms. The first-order valence-electron chi connectivity index (χ1n) is 6.21. The molecule has 0 aliphatic carbocycles. The van der Waals surface area contributed by atoms with Crippen LogP contribution in [0.3, 0.4) is 0 Å². The van der Waals surface area contributed by atoms with Gasteiger partial charge in [0.05, 0.1) is 6.04 Å². The number of aryl methyl sites for hydroxylation is 2. The third-order valence-corrected chi connectivity index (χ3v) is 3.14. The van der Waals surface area contributed by atoms with Crippen molar-refractivity contribution >= 4 is 0 Å². The van der Waals surface area contributed by atoms with Gasteiger partial charge in [0.2, 0.25) is 0 Å². The molecule has 2 rings (SSSR count). The Labute approximate surface area is 107 Å². The smallest absolute Gasteiger partial charge is 0.123 e. The molecule has 2 aromatic carbocycles. The largest absolute Gasteiger partial charge is 0.320 e. The Morgan fingerprint density at radius 2 is 1.89 bits per heavy atom.